The second-order valence-corrected chi connectivity index (χ2v) is 7.02. The lowest BCUT2D eigenvalue weighted by Crippen LogP contribution is -2.48. The minimum Gasteiger partial charge on any atom is -0.356 e. The van der Waals surface area contributed by atoms with Gasteiger partial charge in [0.05, 0.1) is 6.42 Å². The number of nitrogens with zero attached hydrogens (tertiary/aromatic N) is 3. The van der Waals surface area contributed by atoms with E-state index in [9.17, 15) is 4.79 Å². The summed E-state index contributed by atoms with van der Waals surface area (Å²) < 4.78 is 5.29. The van der Waals surface area contributed by atoms with Gasteiger partial charge in [0, 0.05) is 43.1 Å². The van der Waals surface area contributed by atoms with Crippen LogP contribution in [-0.2, 0) is 17.8 Å². The minimum absolute atomic E-state index is 0.107. The topological polar surface area (TPSA) is 49.6 Å². The van der Waals surface area contributed by atoms with E-state index >= 15 is 0 Å². The van der Waals surface area contributed by atoms with Crippen molar-refractivity contribution in [2.24, 2.45) is 0 Å². The van der Waals surface area contributed by atoms with Crippen LogP contribution in [-0.4, -0.2) is 47.0 Å². The molecule has 1 aliphatic heterocycles. The summed E-state index contributed by atoms with van der Waals surface area (Å²) in [4.78, 5) is 16.9. The lowest BCUT2D eigenvalue weighted by Gasteiger charge is -2.34. The zero-order valence-electron chi connectivity index (χ0n) is 14.4. The van der Waals surface area contributed by atoms with Crippen molar-refractivity contribution in [1.82, 2.24) is 15.0 Å². The van der Waals surface area contributed by atoms with Gasteiger partial charge in [0.15, 0.2) is 5.58 Å². The molecule has 6 heteroatoms. The van der Waals surface area contributed by atoms with Gasteiger partial charge in [0.1, 0.15) is 5.69 Å². The van der Waals surface area contributed by atoms with Gasteiger partial charge in [0.25, 0.3) is 0 Å². The second-order valence-electron chi connectivity index (χ2n) is 6.59. The first-order valence-electron chi connectivity index (χ1n) is 8.77. The van der Waals surface area contributed by atoms with Gasteiger partial charge in [-0.15, -0.1) is 0 Å². The second kappa shape index (κ2) is 7.48. The third kappa shape index (κ3) is 3.74. The van der Waals surface area contributed by atoms with Crippen LogP contribution in [0.4, 0.5) is 0 Å². The van der Waals surface area contributed by atoms with E-state index in [0.717, 1.165) is 48.7 Å². The van der Waals surface area contributed by atoms with Crippen LogP contribution < -0.4 is 0 Å². The summed E-state index contributed by atoms with van der Waals surface area (Å²) in [6.07, 6.45) is 0.286. The number of para-hydroxylation sites is 1. The lowest BCUT2D eigenvalue weighted by molar-refractivity contribution is -0.132. The Morgan fingerprint density at radius 1 is 1.04 bits per heavy atom. The lowest BCUT2D eigenvalue weighted by atomic mass is 10.1. The Balaban J connectivity index is 1.32. The van der Waals surface area contributed by atoms with E-state index in [1.54, 1.807) is 0 Å². The SMILES string of the molecule is O=C(Cc1noc2ccccc12)N1CCN(Cc2ccc(Cl)cc2)CC1. The number of benzene rings is 2. The zero-order chi connectivity index (χ0) is 17.9. The number of rotatable bonds is 4. The van der Waals surface area contributed by atoms with Crippen LogP contribution in [0.25, 0.3) is 11.0 Å². The molecule has 134 valence electrons. The van der Waals surface area contributed by atoms with Crippen molar-refractivity contribution >= 4 is 28.5 Å². The molecule has 0 N–H and O–H groups in total. The molecule has 0 radical (unpaired) electrons. The summed E-state index contributed by atoms with van der Waals surface area (Å²) in [5, 5.41) is 5.74. The van der Waals surface area contributed by atoms with Gasteiger partial charge < -0.3 is 9.42 Å². The van der Waals surface area contributed by atoms with E-state index in [4.69, 9.17) is 16.1 Å². The van der Waals surface area contributed by atoms with Crippen molar-refractivity contribution in [3.63, 3.8) is 0 Å². The molecule has 5 nitrogen and oxygen atoms in total. The molecule has 0 atom stereocenters. The molecule has 1 saturated heterocycles. The van der Waals surface area contributed by atoms with Gasteiger partial charge >= 0.3 is 0 Å². The van der Waals surface area contributed by atoms with Crippen LogP contribution in [0.15, 0.2) is 53.1 Å². The summed E-state index contributed by atoms with van der Waals surface area (Å²) in [5.41, 5.74) is 2.68. The van der Waals surface area contributed by atoms with E-state index in [1.165, 1.54) is 5.56 Å². The van der Waals surface area contributed by atoms with Crippen molar-refractivity contribution in [3.8, 4) is 0 Å². The van der Waals surface area contributed by atoms with Gasteiger partial charge in [-0.3, -0.25) is 9.69 Å². The smallest absolute Gasteiger partial charge is 0.228 e. The molecule has 0 bridgehead atoms. The first kappa shape index (κ1) is 17.1. The van der Waals surface area contributed by atoms with Crippen molar-refractivity contribution in [1.29, 1.82) is 0 Å². The number of piperazine rings is 1. The molecule has 0 spiro atoms. The standard InChI is InChI=1S/C20H20ClN3O2/c21-16-7-5-15(6-8-16)14-23-9-11-24(12-10-23)20(25)13-18-17-3-1-2-4-19(17)26-22-18/h1-8H,9-14H2. The van der Waals surface area contributed by atoms with E-state index < -0.39 is 0 Å². The molecular weight excluding hydrogens is 350 g/mol. The van der Waals surface area contributed by atoms with Crippen LogP contribution in [0.5, 0.6) is 0 Å². The Labute approximate surface area is 157 Å². The van der Waals surface area contributed by atoms with Gasteiger partial charge in [0.2, 0.25) is 5.91 Å². The maximum absolute atomic E-state index is 12.6. The molecule has 1 aliphatic rings. The van der Waals surface area contributed by atoms with Crippen LogP contribution in [0.3, 0.4) is 0 Å². The molecule has 2 heterocycles. The largest absolute Gasteiger partial charge is 0.356 e. The molecule has 4 rings (SSSR count). The summed E-state index contributed by atoms with van der Waals surface area (Å²) in [6, 6.07) is 15.6. The number of fused-ring (bicyclic) bond motifs is 1. The molecule has 0 unspecified atom stereocenters. The number of amides is 1. The third-order valence-electron chi connectivity index (χ3n) is 4.82. The Hall–Kier alpha value is -2.37. The molecule has 0 saturated carbocycles. The molecule has 0 aliphatic carbocycles. The van der Waals surface area contributed by atoms with E-state index in [2.05, 4.69) is 22.2 Å². The number of carbonyl (C=O) groups is 1. The predicted molar refractivity (Wildman–Crippen MR) is 101 cm³/mol. The van der Waals surface area contributed by atoms with Crippen LogP contribution in [0.1, 0.15) is 11.3 Å². The molecule has 3 aromatic rings. The number of hydrogen-bond donors (Lipinski definition) is 0. The Morgan fingerprint density at radius 3 is 2.54 bits per heavy atom. The first-order valence-corrected chi connectivity index (χ1v) is 9.15. The van der Waals surface area contributed by atoms with E-state index in [1.807, 2.05) is 41.3 Å². The molecular formula is C20H20ClN3O2. The first-order chi connectivity index (χ1) is 12.7. The Morgan fingerprint density at radius 2 is 1.77 bits per heavy atom. The molecule has 1 amide bonds. The van der Waals surface area contributed by atoms with E-state index in [-0.39, 0.29) is 12.3 Å². The number of halogens is 1. The van der Waals surface area contributed by atoms with Crippen LogP contribution in [0.2, 0.25) is 5.02 Å². The van der Waals surface area contributed by atoms with Gasteiger partial charge in [-0.1, -0.05) is 41.0 Å². The van der Waals surface area contributed by atoms with Gasteiger partial charge in [-0.25, -0.2) is 0 Å². The van der Waals surface area contributed by atoms with Gasteiger partial charge in [-0.05, 0) is 29.8 Å². The van der Waals surface area contributed by atoms with Gasteiger partial charge in [-0.2, -0.15) is 0 Å². The maximum Gasteiger partial charge on any atom is 0.228 e. The van der Waals surface area contributed by atoms with Crippen LogP contribution >= 0.6 is 11.6 Å². The van der Waals surface area contributed by atoms with Crippen molar-refractivity contribution in [2.75, 3.05) is 26.2 Å². The Kier molecular flexibility index (Phi) is 4.91. The average molecular weight is 370 g/mol. The molecule has 26 heavy (non-hydrogen) atoms. The van der Waals surface area contributed by atoms with E-state index in [0.29, 0.717) is 5.69 Å². The molecule has 2 aromatic carbocycles. The molecule has 1 fully saturated rings. The molecule has 1 aromatic heterocycles. The quantitative estimate of drug-likeness (QED) is 0.707. The highest BCUT2D eigenvalue weighted by Crippen LogP contribution is 2.19. The fourth-order valence-electron chi connectivity index (χ4n) is 3.32. The number of aromatic nitrogens is 1. The summed E-state index contributed by atoms with van der Waals surface area (Å²) >= 11 is 5.93. The third-order valence-corrected chi connectivity index (χ3v) is 5.07. The average Bonchev–Trinajstić information content (AvgIpc) is 3.07. The van der Waals surface area contributed by atoms with Crippen LogP contribution in [0, 0.1) is 0 Å². The Bertz CT molecular complexity index is 899. The fourth-order valence-corrected chi connectivity index (χ4v) is 3.45. The summed E-state index contributed by atoms with van der Waals surface area (Å²) in [7, 11) is 0. The maximum atomic E-state index is 12.6. The summed E-state index contributed by atoms with van der Waals surface area (Å²) in [6.45, 7) is 4.10. The van der Waals surface area contributed by atoms with Crippen molar-refractivity contribution < 1.29 is 9.32 Å². The monoisotopic (exact) mass is 369 g/mol. The summed E-state index contributed by atoms with van der Waals surface area (Å²) in [5.74, 6) is 0.107. The fraction of sp³-hybridized carbons (Fsp3) is 0.300. The minimum atomic E-state index is 0.107. The number of carbonyl (C=O) groups excluding carboxylic acids is 1. The normalized spacial score (nSPS) is 15.5. The predicted octanol–water partition coefficient (Wildman–Crippen LogP) is 3.37. The van der Waals surface area contributed by atoms with Crippen molar-refractivity contribution in [2.45, 2.75) is 13.0 Å². The van der Waals surface area contributed by atoms with Crippen molar-refractivity contribution in [3.05, 3.63) is 64.8 Å². The highest BCUT2D eigenvalue weighted by Gasteiger charge is 2.22. The highest BCUT2D eigenvalue weighted by atomic mass is 35.5. The highest BCUT2D eigenvalue weighted by molar-refractivity contribution is 6.30. The zero-order valence-corrected chi connectivity index (χ0v) is 15.2. The number of hydrogen-bond acceptors (Lipinski definition) is 4.